The number of aromatic hydroxyl groups is 2. The third-order valence-electron chi connectivity index (χ3n) is 4.48. The van der Waals surface area contributed by atoms with Crippen molar-refractivity contribution < 1.29 is 19.7 Å². The lowest BCUT2D eigenvalue weighted by atomic mass is 9.92. The molecule has 0 aromatic heterocycles. The molecule has 0 unspecified atom stereocenters. The maximum atomic E-state index is 10.7. The van der Waals surface area contributed by atoms with Gasteiger partial charge in [-0.1, -0.05) is 27.7 Å². The van der Waals surface area contributed by atoms with Crippen LogP contribution in [0.5, 0.6) is 23.0 Å². The second kappa shape index (κ2) is 7.68. The molecule has 0 spiro atoms. The largest absolute Gasteiger partial charge is 0.507 e. The molecule has 0 amide bonds. The highest BCUT2D eigenvalue weighted by atomic mass is 16.5. The Morgan fingerprint density at radius 3 is 1.36 bits per heavy atom. The normalized spacial score (nSPS) is 11.2. The Kier molecular flexibility index (Phi) is 5.83. The lowest BCUT2D eigenvalue weighted by molar-refractivity contribution is 0.406. The molecule has 0 radical (unpaired) electrons. The Bertz CT molecular complexity index is 685. The van der Waals surface area contributed by atoms with Gasteiger partial charge in [-0.3, -0.25) is 0 Å². The van der Waals surface area contributed by atoms with E-state index in [1.165, 1.54) is 0 Å². The SMILES string of the molecule is COc1cc(Cc2cc(OC)cc(C(C)C)c2O)c(O)c(C(C)C)c1. The summed E-state index contributed by atoms with van der Waals surface area (Å²) in [7, 11) is 3.22. The molecule has 0 aliphatic heterocycles. The van der Waals surface area contributed by atoms with Crippen molar-refractivity contribution in [3.05, 3.63) is 46.5 Å². The Hall–Kier alpha value is -2.36. The van der Waals surface area contributed by atoms with Crippen LogP contribution in [0.15, 0.2) is 24.3 Å². The highest BCUT2D eigenvalue weighted by Gasteiger charge is 2.18. The molecule has 2 rings (SSSR count). The number of phenolic OH excluding ortho intramolecular Hbond substituents is 2. The number of hydrogen-bond donors (Lipinski definition) is 2. The van der Waals surface area contributed by atoms with Crippen molar-refractivity contribution in [1.29, 1.82) is 0 Å². The van der Waals surface area contributed by atoms with Gasteiger partial charge in [-0.05, 0) is 36.1 Å². The van der Waals surface area contributed by atoms with Crippen LogP contribution >= 0.6 is 0 Å². The van der Waals surface area contributed by atoms with Crippen molar-refractivity contribution in [1.82, 2.24) is 0 Å². The number of methoxy groups -OCH3 is 2. The lowest BCUT2D eigenvalue weighted by Gasteiger charge is -2.18. The van der Waals surface area contributed by atoms with E-state index in [1.54, 1.807) is 14.2 Å². The van der Waals surface area contributed by atoms with Gasteiger partial charge in [-0.2, -0.15) is 0 Å². The zero-order valence-corrected chi connectivity index (χ0v) is 15.9. The number of benzene rings is 2. The summed E-state index contributed by atoms with van der Waals surface area (Å²) in [6.07, 6.45) is 0.394. The lowest BCUT2D eigenvalue weighted by Crippen LogP contribution is -2.00. The van der Waals surface area contributed by atoms with E-state index < -0.39 is 0 Å². The Morgan fingerprint density at radius 2 is 1.08 bits per heavy atom. The summed E-state index contributed by atoms with van der Waals surface area (Å²) in [5, 5.41) is 21.3. The van der Waals surface area contributed by atoms with E-state index >= 15 is 0 Å². The second-order valence-electron chi connectivity index (χ2n) is 6.93. The van der Waals surface area contributed by atoms with E-state index in [1.807, 2.05) is 52.0 Å². The smallest absolute Gasteiger partial charge is 0.122 e. The van der Waals surface area contributed by atoms with Crippen LogP contribution in [0.3, 0.4) is 0 Å². The van der Waals surface area contributed by atoms with Crippen molar-refractivity contribution in [2.75, 3.05) is 14.2 Å². The first-order valence-corrected chi connectivity index (χ1v) is 8.58. The molecule has 0 bridgehead atoms. The van der Waals surface area contributed by atoms with Gasteiger partial charge in [0.2, 0.25) is 0 Å². The minimum absolute atomic E-state index is 0.166. The topological polar surface area (TPSA) is 58.9 Å². The first-order chi connectivity index (χ1) is 11.8. The maximum absolute atomic E-state index is 10.7. The van der Waals surface area contributed by atoms with Crippen LogP contribution < -0.4 is 9.47 Å². The van der Waals surface area contributed by atoms with Gasteiger partial charge >= 0.3 is 0 Å². The minimum atomic E-state index is 0.166. The zero-order valence-electron chi connectivity index (χ0n) is 15.9. The van der Waals surface area contributed by atoms with Crippen LogP contribution in [0.2, 0.25) is 0 Å². The molecule has 0 fully saturated rings. The summed E-state index contributed by atoms with van der Waals surface area (Å²) in [5.74, 6) is 2.23. The average molecular weight is 344 g/mol. The van der Waals surface area contributed by atoms with Crippen LogP contribution in [0, 0.1) is 0 Å². The fraction of sp³-hybridized carbons (Fsp3) is 0.429. The summed E-state index contributed by atoms with van der Waals surface area (Å²) >= 11 is 0. The minimum Gasteiger partial charge on any atom is -0.507 e. The monoisotopic (exact) mass is 344 g/mol. The molecule has 2 aromatic rings. The summed E-state index contributed by atoms with van der Waals surface area (Å²) in [6, 6.07) is 7.34. The number of hydrogen-bond acceptors (Lipinski definition) is 4. The highest BCUT2D eigenvalue weighted by molar-refractivity contribution is 5.54. The van der Waals surface area contributed by atoms with Crippen LogP contribution in [-0.4, -0.2) is 24.4 Å². The van der Waals surface area contributed by atoms with Gasteiger partial charge in [-0.15, -0.1) is 0 Å². The third-order valence-corrected chi connectivity index (χ3v) is 4.48. The third kappa shape index (κ3) is 4.01. The van der Waals surface area contributed by atoms with Gasteiger partial charge < -0.3 is 19.7 Å². The Balaban J connectivity index is 2.56. The van der Waals surface area contributed by atoms with Gasteiger partial charge in [0, 0.05) is 28.7 Å². The van der Waals surface area contributed by atoms with E-state index in [0.717, 1.165) is 22.3 Å². The predicted octanol–water partition coefficient (Wildman–Crippen LogP) is 4.95. The van der Waals surface area contributed by atoms with Gasteiger partial charge in [-0.25, -0.2) is 0 Å². The molecule has 0 saturated carbocycles. The van der Waals surface area contributed by atoms with Crippen molar-refractivity contribution >= 4 is 0 Å². The highest BCUT2D eigenvalue weighted by Crippen LogP contribution is 2.39. The molecule has 0 saturated heterocycles. The van der Waals surface area contributed by atoms with E-state index in [0.29, 0.717) is 17.9 Å². The number of rotatable bonds is 6. The molecule has 0 heterocycles. The van der Waals surface area contributed by atoms with Gasteiger partial charge in [0.05, 0.1) is 14.2 Å². The molecule has 4 heteroatoms. The van der Waals surface area contributed by atoms with E-state index in [-0.39, 0.29) is 23.3 Å². The fourth-order valence-corrected chi connectivity index (χ4v) is 2.97. The quantitative estimate of drug-likeness (QED) is 0.778. The van der Waals surface area contributed by atoms with Crippen molar-refractivity contribution in [2.45, 2.75) is 46.0 Å². The van der Waals surface area contributed by atoms with Crippen LogP contribution in [0.4, 0.5) is 0 Å². The maximum Gasteiger partial charge on any atom is 0.122 e. The molecule has 0 aliphatic carbocycles. The molecule has 0 aliphatic rings. The van der Waals surface area contributed by atoms with Crippen molar-refractivity contribution in [3.8, 4) is 23.0 Å². The molecule has 25 heavy (non-hydrogen) atoms. The van der Waals surface area contributed by atoms with Crippen molar-refractivity contribution in [2.24, 2.45) is 0 Å². The predicted molar refractivity (Wildman–Crippen MR) is 100 cm³/mol. The second-order valence-corrected chi connectivity index (χ2v) is 6.93. The molecule has 0 atom stereocenters. The molecule has 2 aromatic carbocycles. The van der Waals surface area contributed by atoms with Gasteiger partial charge in [0.1, 0.15) is 23.0 Å². The van der Waals surface area contributed by atoms with Crippen LogP contribution in [-0.2, 0) is 6.42 Å². The van der Waals surface area contributed by atoms with Gasteiger partial charge in [0.25, 0.3) is 0 Å². The molecule has 2 N–H and O–H groups in total. The summed E-state index contributed by atoms with van der Waals surface area (Å²) in [5.41, 5.74) is 3.12. The van der Waals surface area contributed by atoms with E-state index in [2.05, 4.69) is 0 Å². The standard InChI is InChI=1S/C21H28O4/c1-12(2)18-10-16(24-5)8-14(20(18)22)7-15-9-17(25-6)11-19(13(3)4)21(15)23/h8-13,22-23H,7H2,1-6H3. The first kappa shape index (κ1) is 19.0. The first-order valence-electron chi connectivity index (χ1n) is 8.58. The Morgan fingerprint density at radius 1 is 0.720 bits per heavy atom. The zero-order chi connectivity index (χ0) is 18.7. The summed E-state index contributed by atoms with van der Waals surface area (Å²) in [4.78, 5) is 0. The number of ether oxygens (including phenoxy) is 2. The molecular formula is C21H28O4. The molecular weight excluding hydrogens is 316 g/mol. The molecule has 136 valence electrons. The number of phenols is 2. The van der Waals surface area contributed by atoms with Gasteiger partial charge in [0.15, 0.2) is 0 Å². The van der Waals surface area contributed by atoms with Crippen molar-refractivity contribution in [3.63, 3.8) is 0 Å². The van der Waals surface area contributed by atoms with Crippen LogP contribution in [0.25, 0.3) is 0 Å². The van der Waals surface area contributed by atoms with E-state index in [9.17, 15) is 10.2 Å². The molecule has 4 nitrogen and oxygen atoms in total. The van der Waals surface area contributed by atoms with Crippen LogP contribution in [0.1, 0.15) is 61.8 Å². The summed E-state index contributed by atoms with van der Waals surface area (Å²) < 4.78 is 10.8. The fourth-order valence-electron chi connectivity index (χ4n) is 2.97. The average Bonchev–Trinajstić information content (AvgIpc) is 2.57. The van der Waals surface area contributed by atoms with E-state index in [4.69, 9.17) is 9.47 Å². The Labute approximate surface area is 150 Å². The summed E-state index contributed by atoms with van der Waals surface area (Å²) in [6.45, 7) is 8.10.